The summed E-state index contributed by atoms with van der Waals surface area (Å²) < 4.78 is 0. The minimum absolute atomic E-state index is 0.0182. The van der Waals surface area contributed by atoms with E-state index in [9.17, 15) is 14.7 Å². The zero-order valence-corrected chi connectivity index (χ0v) is 11.2. The van der Waals surface area contributed by atoms with E-state index in [0.717, 1.165) is 0 Å². The fourth-order valence-corrected chi connectivity index (χ4v) is 2.47. The summed E-state index contributed by atoms with van der Waals surface area (Å²) >= 11 is 1.27. The second kappa shape index (κ2) is 5.19. The standard InChI is InChI=1S/C13H12N2O3S/c1-7-11(8(2)16)19-13(14-7)15-10-5-3-9(4-6-10)12(17)18/h3-6H,1-2H3,(H,14,15)(H,17,18)/p-1. The van der Waals surface area contributed by atoms with Gasteiger partial charge in [0.05, 0.1) is 16.5 Å². The number of nitrogens with one attached hydrogen (secondary N) is 1. The van der Waals surface area contributed by atoms with Crippen molar-refractivity contribution in [2.24, 2.45) is 0 Å². The van der Waals surface area contributed by atoms with Crippen LogP contribution in [0.15, 0.2) is 24.3 Å². The summed E-state index contributed by atoms with van der Waals surface area (Å²) in [5, 5.41) is 14.2. The molecular weight excluding hydrogens is 264 g/mol. The van der Waals surface area contributed by atoms with Crippen LogP contribution in [-0.4, -0.2) is 16.7 Å². The summed E-state index contributed by atoms with van der Waals surface area (Å²) in [6.45, 7) is 3.27. The van der Waals surface area contributed by atoms with Gasteiger partial charge in [0.1, 0.15) is 0 Å². The van der Waals surface area contributed by atoms with Crippen LogP contribution >= 0.6 is 11.3 Å². The molecule has 6 heteroatoms. The van der Waals surface area contributed by atoms with Gasteiger partial charge < -0.3 is 15.2 Å². The number of aromatic carboxylic acids is 1. The van der Waals surface area contributed by atoms with Crippen molar-refractivity contribution in [3.8, 4) is 0 Å². The molecule has 1 N–H and O–H groups in total. The molecule has 0 radical (unpaired) electrons. The number of thiazole rings is 1. The first-order valence-electron chi connectivity index (χ1n) is 5.54. The van der Waals surface area contributed by atoms with Gasteiger partial charge in [0, 0.05) is 12.6 Å². The second-order valence-electron chi connectivity index (χ2n) is 3.98. The van der Waals surface area contributed by atoms with E-state index in [1.54, 1.807) is 19.1 Å². The van der Waals surface area contributed by atoms with Gasteiger partial charge in [-0.05, 0) is 24.6 Å². The first-order valence-corrected chi connectivity index (χ1v) is 6.36. The Balaban J connectivity index is 2.19. The minimum atomic E-state index is -1.21. The van der Waals surface area contributed by atoms with Crippen molar-refractivity contribution in [1.82, 2.24) is 4.98 Å². The molecule has 0 spiro atoms. The van der Waals surface area contributed by atoms with Gasteiger partial charge in [-0.25, -0.2) is 4.98 Å². The number of carbonyl (C=O) groups is 2. The zero-order chi connectivity index (χ0) is 14.0. The van der Waals surface area contributed by atoms with E-state index >= 15 is 0 Å². The van der Waals surface area contributed by atoms with Crippen molar-refractivity contribution < 1.29 is 14.7 Å². The molecule has 0 atom stereocenters. The number of aromatic nitrogens is 1. The molecule has 0 saturated heterocycles. The Morgan fingerprint density at radius 3 is 2.37 bits per heavy atom. The van der Waals surface area contributed by atoms with Crippen LogP contribution in [0.5, 0.6) is 0 Å². The van der Waals surface area contributed by atoms with E-state index in [-0.39, 0.29) is 11.3 Å². The number of benzene rings is 1. The van der Waals surface area contributed by atoms with E-state index in [1.165, 1.54) is 30.4 Å². The SMILES string of the molecule is CC(=O)c1sc(Nc2ccc(C(=O)[O-])cc2)nc1C. The van der Waals surface area contributed by atoms with Crippen molar-refractivity contribution >= 4 is 33.9 Å². The number of rotatable bonds is 4. The molecular formula is C13H11N2O3S-. The third-order valence-electron chi connectivity index (χ3n) is 2.49. The maximum absolute atomic E-state index is 11.3. The first-order chi connectivity index (χ1) is 8.97. The van der Waals surface area contributed by atoms with E-state index in [1.807, 2.05) is 0 Å². The van der Waals surface area contributed by atoms with Crippen LogP contribution in [0.2, 0.25) is 0 Å². The average Bonchev–Trinajstić information content (AvgIpc) is 2.71. The molecule has 1 aromatic heterocycles. The van der Waals surface area contributed by atoms with Gasteiger partial charge >= 0.3 is 0 Å². The molecule has 1 aromatic carbocycles. The Morgan fingerprint density at radius 2 is 1.89 bits per heavy atom. The van der Waals surface area contributed by atoms with Crippen LogP contribution in [0.3, 0.4) is 0 Å². The van der Waals surface area contributed by atoms with Crippen LogP contribution in [0.25, 0.3) is 0 Å². The molecule has 0 aliphatic carbocycles. The lowest BCUT2D eigenvalue weighted by molar-refractivity contribution is -0.255. The van der Waals surface area contributed by atoms with Crippen LogP contribution in [0.1, 0.15) is 32.6 Å². The highest BCUT2D eigenvalue weighted by Crippen LogP contribution is 2.26. The van der Waals surface area contributed by atoms with E-state index in [0.29, 0.717) is 21.4 Å². The van der Waals surface area contributed by atoms with E-state index < -0.39 is 5.97 Å². The highest BCUT2D eigenvalue weighted by molar-refractivity contribution is 7.17. The normalized spacial score (nSPS) is 10.2. The monoisotopic (exact) mass is 275 g/mol. The van der Waals surface area contributed by atoms with Gasteiger partial charge in [0.15, 0.2) is 10.9 Å². The maximum Gasteiger partial charge on any atom is 0.188 e. The van der Waals surface area contributed by atoms with Gasteiger partial charge in [-0.1, -0.05) is 23.5 Å². The van der Waals surface area contributed by atoms with Gasteiger partial charge in [0.25, 0.3) is 0 Å². The van der Waals surface area contributed by atoms with Crippen LogP contribution < -0.4 is 10.4 Å². The average molecular weight is 275 g/mol. The number of carboxylic acid groups (broad SMARTS) is 1. The van der Waals surface area contributed by atoms with Crippen LogP contribution in [0.4, 0.5) is 10.8 Å². The number of hydrogen-bond donors (Lipinski definition) is 1. The zero-order valence-electron chi connectivity index (χ0n) is 10.4. The van der Waals surface area contributed by atoms with Gasteiger partial charge in [-0.15, -0.1) is 0 Å². The van der Waals surface area contributed by atoms with Gasteiger partial charge in [-0.2, -0.15) is 0 Å². The molecule has 0 fully saturated rings. The number of hydrogen-bond acceptors (Lipinski definition) is 6. The lowest BCUT2D eigenvalue weighted by Crippen LogP contribution is -2.21. The molecule has 1 heterocycles. The molecule has 2 aromatic rings. The summed E-state index contributed by atoms with van der Waals surface area (Å²) in [5.74, 6) is -1.23. The summed E-state index contributed by atoms with van der Waals surface area (Å²) in [6.07, 6.45) is 0. The summed E-state index contributed by atoms with van der Waals surface area (Å²) in [5.41, 5.74) is 1.51. The van der Waals surface area contributed by atoms with Crippen LogP contribution in [0, 0.1) is 6.92 Å². The highest BCUT2D eigenvalue weighted by Gasteiger charge is 2.11. The molecule has 0 saturated carbocycles. The van der Waals surface area contributed by atoms with E-state index in [4.69, 9.17) is 0 Å². The number of aryl methyl sites for hydroxylation is 1. The second-order valence-corrected chi connectivity index (χ2v) is 4.98. The number of ketones is 1. The molecule has 19 heavy (non-hydrogen) atoms. The van der Waals surface area contributed by atoms with Gasteiger partial charge in [0.2, 0.25) is 0 Å². The Hall–Kier alpha value is -2.21. The number of nitrogens with zero attached hydrogens (tertiary/aromatic N) is 1. The largest absolute Gasteiger partial charge is 0.545 e. The summed E-state index contributed by atoms with van der Waals surface area (Å²) in [6, 6.07) is 6.14. The Labute approximate surface area is 113 Å². The molecule has 98 valence electrons. The Morgan fingerprint density at radius 1 is 1.26 bits per heavy atom. The smallest absolute Gasteiger partial charge is 0.188 e. The lowest BCUT2D eigenvalue weighted by atomic mass is 10.2. The van der Waals surface area contributed by atoms with Crippen molar-refractivity contribution in [3.63, 3.8) is 0 Å². The maximum atomic E-state index is 11.3. The molecule has 5 nitrogen and oxygen atoms in total. The van der Waals surface area contributed by atoms with Gasteiger partial charge in [-0.3, -0.25) is 4.79 Å². The molecule has 2 rings (SSSR count). The predicted molar refractivity (Wildman–Crippen MR) is 70.9 cm³/mol. The third kappa shape index (κ3) is 2.97. The van der Waals surface area contributed by atoms with E-state index in [2.05, 4.69) is 10.3 Å². The third-order valence-corrected chi connectivity index (χ3v) is 3.66. The predicted octanol–water partition coefficient (Wildman–Crippen LogP) is 1.76. The topological polar surface area (TPSA) is 82.1 Å². The molecule has 0 amide bonds. The molecule has 0 aliphatic heterocycles. The van der Waals surface area contributed by atoms with Crippen molar-refractivity contribution in [3.05, 3.63) is 40.4 Å². The first kappa shape index (κ1) is 13.2. The Kier molecular flexibility index (Phi) is 3.62. The fourth-order valence-electron chi connectivity index (χ4n) is 1.59. The van der Waals surface area contributed by atoms with Crippen LogP contribution in [-0.2, 0) is 0 Å². The number of anilines is 2. The molecule has 0 aliphatic rings. The van der Waals surface area contributed by atoms with Crippen molar-refractivity contribution in [2.45, 2.75) is 13.8 Å². The van der Waals surface area contributed by atoms with Crippen molar-refractivity contribution in [1.29, 1.82) is 0 Å². The number of carbonyl (C=O) groups excluding carboxylic acids is 2. The molecule has 0 bridgehead atoms. The number of Topliss-reactive ketones (excluding diaryl/α,β-unsaturated/α-hetero) is 1. The quantitative estimate of drug-likeness (QED) is 0.860. The minimum Gasteiger partial charge on any atom is -0.545 e. The van der Waals surface area contributed by atoms with Crippen molar-refractivity contribution in [2.75, 3.05) is 5.32 Å². The Bertz CT molecular complexity index is 632. The summed E-state index contributed by atoms with van der Waals surface area (Å²) in [4.78, 5) is 26.8. The number of carboxylic acids is 1. The fraction of sp³-hybridized carbons (Fsp3) is 0.154. The molecule has 0 unspecified atom stereocenters. The summed E-state index contributed by atoms with van der Waals surface area (Å²) in [7, 11) is 0. The lowest BCUT2D eigenvalue weighted by Gasteiger charge is -2.05. The highest BCUT2D eigenvalue weighted by atomic mass is 32.1.